The maximum absolute atomic E-state index is 12.6. The lowest BCUT2D eigenvalue weighted by molar-refractivity contribution is -0.188. The molecule has 0 aliphatic heterocycles. The molecule has 2 aliphatic carbocycles. The number of allylic oxidation sites excluding steroid dienone is 3. The third-order valence-corrected chi connectivity index (χ3v) is 9.79. The predicted molar refractivity (Wildman–Crippen MR) is 161 cm³/mol. The number of aliphatic hydroxyl groups is 2. The molecule has 0 bridgehead atoms. The van der Waals surface area contributed by atoms with E-state index in [4.69, 9.17) is 9.47 Å². The summed E-state index contributed by atoms with van der Waals surface area (Å²) >= 11 is 0. The van der Waals surface area contributed by atoms with Crippen LogP contribution in [0.4, 0.5) is 0 Å². The van der Waals surface area contributed by atoms with Gasteiger partial charge in [0.2, 0.25) is 0 Å². The fraction of sp³-hybridized carbons (Fsp3) is 0.735. The Morgan fingerprint density at radius 2 is 1.73 bits per heavy atom. The van der Waals surface area contributed by atoms with Crippen molar-refractivity contribution in [2.75, 3.05) is 0 Å². The molecule has 0 amide bonds. The van der Waals surface area contributed by atoms with Crippen molar-refractivity contribution in [1.29, 1.82) is 0 Å². The molecule has 6 atom stereocenters. The highest BCUT2D eigenvalue weighted by Gasteiger charge is 2.52. The van der Waals surface area contributed by atoms with Crippen LogP contribution < -0.4 is 0 Å². The Morgan fingerprint density at radius 3 is 2.32 bits per heavy atom. The van der Waals surface area contributed by atoms with E-state index in [0.717, 1.165) is 29.6 Å². The van der Waals surface area contributed by atoms with Crippen LogP contribution in [0.25, 0.3) is 0 Å². The molecule has 0 unspecified atom stereocenters. The van der Waals surface area contributed by atoms with Crippen molar-refractivity contribution in [2.24, 2.45) is 22.7 Å². The highest BCUT2D eigenvalue weighted by Crippen LogP contribution is 2.50. The van der Waals surface area contributed by atoms with Crippen LogP contribution in [0.3, 0.4) is 0 Å². The molecule has 2 N–H and O–H groups in total. The van der Waals surface area contributed by atoms with Crippen molar-refractivity contribution in [3.05, 3.63) is 34.9 Å². The molecule has 0 saturated heterocycles. The molecular formula is C34H54O7. The first kappa shape index (κ1) is 34.9. The second kappa shape index (κ2) is 13.8. The third-order valence-electron chi connectivity index (χ3n) is 9.79. The molecule has 0 aromatic rings. The number of aliphatic hydroxyl groups excluding tert-OH is 2. The Hall–Kier alpha value is -2.25. The predicted octanol–water partition coefficient (Wildman–Crippen LogP) is 6.41. The fourth-order valence-electron chi connectivity index (χ4n) is 7.04. The van der Waals surface area contributed by atoms with E-state index in [1.54, 1.807) is 6.08 Å². The first-order valence-corrected chi connectivity index (χ1v) is 15.1. The SMILES string of the molecule is CC(=O)O[C@@H](C[C@@H]1C(C)=CCC(=O)C1(C)C)/C(C)=C/[C@H](O)C/C=C(\C)CC[C@H]1C(C)(C)[C@@H](O)CC[C@]1(C)OC(C)=O. The van der Waals surface area contributed by atoms with E-state index in [1.165, 1.54) is 13.8 Å². The zero-order valence-electron chi connectivity index (χ0n) is 27.0. The standard InChI is InChI=1S/C34H54O7/c1-21(12-15-29-33(8,9)31(39)17-18-34(29,10)41-25(5)36)11-14-26(37)19-23(3)28(40-24(4)35)20-27-22(2)13-16-30(38)32(27,6)7/h11,13,19,26-29,31,37,39H,12,14-18,20H2,1-10H3/b21-11+,23-19+/t26-,27-,28+,29+,31+,34+/m1/s1. The summed E-state index contributed by atoms with van der Waals surface area (Å²) in [7, 11) is 0. The number of carbonyl (C=O) groups is 3. The molecule has 41 heavy (non-hydrogen) atoms. The molecule has 0 aromatic heterocycles. The molecule has 7 nitrogen and oxygen atoms in total. The minimum Gasteiger partial charge on any atom is -0.459 e. The zero-order chi connectivity index (χ0) is 31.3. The van der Waals surface area contributed by atoms with Crippen molar-refractivity contribution in [2.45, 2.75) is 138 Å². The molecule has 0 spiro atoms. The second-order valence-corrected chi connectivity index (χ2v) is 13.8. The van der Waals surface area contributed by atoms with E-state index < -0.39 is 40.7 Å². The Kier molecular flexibility index (Phi) is 11.8. The summed E-state index contributed by atoms with van der Waals surface area (Å²) in [6, 6.07) is 0. The van der Waals surface area contributed by atoms with Crippen molar-refractivity contribution >= 4 is 17.7 Å². The minimum atomic E-state index is -0.764. The normalized spacial score (nSPS) is 29.8. The minimum absolute atomic E-state index is 0.0176. The summed E-state index contributed by atoms with van der Waals surface area (Å²) in [5.74, 6) is -0.603. The van der Waals surface area contributed by atoms with Crippen molar-refractivity contribution in [3.8, 4) is 0 Å². The van der Waals surface area contributed by atoms with Gasteiger partial charge in [-0.2, -0.15) is 0 Å². The zero-order valence-corrected chi connectivity index (χ0v) is 27.0. The summed E-state index contributed by atoms with van der Waals surface area (Å²) < 4.78 is 11.5. The molecule has 7 heteroatoms. The van der Waals surface area contributed by atoms with Gasteiger partial charge in [-0.1, -0.05) is 57.1 Å². The maximum Gasteiger partial charge on any atom is 0.303 e. The number of Topliss-reactive ketones (excluding diaryl/α,β-unsaturated/α-hetero) is 1. The van der Waals surface area contributed by atoms with Crippen LogP contribution in [0.2, 0.25) is 0 Å². The van der Waals surface area contributed by atoms with Gasteiger partial charge in [0.05, 0.1) is 12.2 Å². The Labute approximate surface area is 247 Å². The summed E-state index contributed by atoms with van der Waals surface area (Å²) in [5.41, 5.74) is 1.40. The number of hydrogen-bond acceptors (Lipinski definition) is 7. The molecule has 0 heterocycles. The number of ketones is 1. The molecule has 0 radical (unpaired) electrons. The lowest BCUT2D eigenvalue weighted by Gasteiger charge is -2.52. The van der Waals surface area contributed by atoms with E-state index in [2.05, 4.69) is 0 Å². The van der Waals surface area contributed by atoms with Crippen LogP contribution >= 0.6 is 0 Å². The summed E-state index contributed by atoms with van der Waals surface area (Å²) in [4.78, 5) is 36.4. The van der Waals surface area contributed by atoms with Gasteiger partial charge in [-0.15, -0.1) is 0 Å². The summed E-state index contributed by atoms with van der Waals surface area (Å²) in [6.45, 7) is 18.7. The lowest BCUT2D eigenvalue weighted by Crippen LogP contribution is -2.55. The maximum atomic E-state index is 12.6. The molecule has 232 valence electrons. The van der Waals surface area contributed by atoms with Gasteiger partial charge in [-0.3, -0.25) is 14.4 Å². The van der Waals surface area contributed by atoms with Gasteiger partial charge in [0.15, 0.2) is 0 Å². The van der Waals surface area contributed by atoms with Crippen molar-refractivity contribution in [1.82, 2.24) is 0 Å². The average molecular weight is 575 g/mol. The lowest BCUT2D eigenvalue weighted by atomic mass is 9.58. The monoisotopic (exact) mass is 574 g/mol. The Morgan fingerprint density at radius 1 is 1.10 bits per heavy atom. The third kappa shape index (κ3) is 8.87. The topological polar surface area (TPSA) is 110 Å². The van der Waals surface area contributed by atoms with E-state index in [9.17, 15) is 24.6 Å². The van der Waals surface area contributed by atoms with Crippen LogP contribution in [-0.4, -0.2) is 51.8 Å². The molecule has 0 aromatic carbocycles. The second-order valence-electron chi connectivity index (χ2n) is 13.8. The number of carbonyl (C=O) groups excluding carboxylic acids is 3. The highest BCUT2D eigenvalue weighted by molar-refractivity contribution is 5.87. The average Bonchev–Trinajstić information content (AvgIpc) is 2.84. The Bertz CT molecular complexity index is 1060. The molecule has 2 aliphatic rings. The first-order chi connectivity index (χ1) is 18.8. The van der Waals surface area contributed by atoms with Crippen LogP contribution in [-0.2, 0) is 23.9 Å². The van der Waals surface area contributed by atoms with Gasteiger partial charge in [0.25, 0.3) is 0 Å². The van der Waals surface area contributed by atoms with E-state index in [1.807, 2.05) is 67.5 Å². The first-order valence-electron chi connectivity index (χ1n) is 15.1. The molecule has 1 fully saturated rings. The van der Waals surface area contributed by atoms with E-state index in [-0.39, 0.29) is 23.6 Å². The molecular weight excluding hydrogens is 520 g/mol. The smallest absolute Gasteiger partial charge is 0.303 e. The van der Waals surface area contributed by atoms with Crippen LogP contribution in [0.5, 0.6) is 0 Å². The fourth-order valence-corrected chi connectivity index (χ4v) is 7.04. The Balaban J connectivity index is 2.11. The van der Waals surface area contributed by atoms with Gasteiger partial charge in [0.1, 0.15) is 17.5 Å². The van der Waals surface area contributed by atoms with Gasteiger partial charge in [-0.25, -0.2) is 0 Å². The van der Waals surface area contributed by atoms with Crippen LogP contribution in [0, 0.1) is 22.7 Å². The number of hydrogen-bond donors (Lipinski definition) is 2. The van der Waals surface area contributed by atoms with E-state index >= 15 is 0 Å². The quantitative estimate of drug-likeness (QED) is 0.217. The highest BCUT2D eigenvalue weighted by atomic mass is 16.6. The largest absolute Gasteiger partial charge is 0.459 e. The van der Waals surface area contributed by atoms with Gasteiger partial charge in [-0.05, 0) is 83.1 Å². The summed E-state index contributed by atoms with van der Waals surface area (Å²) in [6.07, 6.45) is 7.99. The van der Waals surface area contributed by atoms with Gasteiger partial charge in [0, 0.05) is 31.6 Å². The van der Waals surface area contributed by atoms with Gasteiger partial charge < -0.3 is 19.7 Å². The van der Waals surface area contributed by atoms with Crippen molar-refractivity contribution < 1.29 is 34.1 Å². The van der Waals surface area contributed by atoms with Crippen LogP contribution in [0.1, 0.15) is 114 Å². The van der Waals surface area contributed by atoms with Crippen molar-refractivity contribution in [3.63, 3.8) is 0 Å². The number of rotatable bonds is 11. The molecule has 2 rings (SSSR count). The van der Waals surface area contributed by atoms with E-state index in [0.29, 0.717) is 32.1 Å². The number of ether oxygens (including phenoxy) is 2. The van der Waals surface area contributed by atoms with Gasteiger partial charge >= 0.3 is 11.9 Å². The summed E-state index contributed by atoms with van der Waals surface area (Å²) in [5, 5.41) is 21.6. The van der Waals surface area contributed by atoms with Crippen LogP contribution in [0.15, 0.2) is 34.9 Å². The molecule has 1 saturated carbocycles. The number of esters is 2.